The Labute approximate surface area is 300 Å². The van der Waals surface area contributed by atoms with E-state index in [2.05, 4.69) is 29.4 Å². The van der Waals surface area contributed by atoms with Crippen LogP contribution in [0.1, 0.15) is 77.3 Å². The largest absolute Gasteiger partial charge is 0.481 e. The summed E-state index contributed by atoms with van der Waals surface area (Å²) in [4.78, 5) is 40.6. The van der Waals surface area contributed by atoms with Crippen LogP contribution in [-0.2, 0) is 24.2 Å². The lowest BCUT2D eigenvalue weighted by atomic mass is 9.79. The second kappa shape index (κ2) is 17.8. The first kappa shape index (κ1) is 38.8. The first-order valence-corrected chi connectivity index (χ1v) is 20.1. The normalized spacial score (nSPS) is 16.0. The summed E-state index contributed by atoms with van der Waals surface area (Å²) in [5.41, 5.74) is 1.55. The lowest BCUT2D eigenvalue weighted by molar-refractivity contribution is -0.137. The van der Waals surface area contributed by atoms with Gasteiger partial charge in [0.1, 0.15) is 11.8 Å². The monoisotopic (exact) mass is 723 g/mol. The number of ether oxygens (including phenoxy) is 1. The van der Waals surface area contributed by atoms with Crippen LogP contribution in [0.2, 0.25) is 0 Å². The molecule has 4 rings (SSSR count). The second-order valence-electron chi connectivity index (χ2n) is 12.9. The number of benzene rings is 3. The van der Waals surface area contributed by atoms with Gasteiger partial charge in [-0.1, -0.05) is 88.1 Å². The number of anilines is 2. The molecular weight excluding hydrogens is 675 g/mol. The molecule has 0 aromatic heterocycles. The van der Waals surface area contributed by atoms with Gasteiger partial charge >= 0.3 is 5.97 Å². The predicted octanol–water partition coefficient (Wildman–Crippen LogP) is 6.92. The second-order valence-corrected chi connectivity index (χ2v) is 15.7. The Balaban J connectivity index is 1.70. The van der Waals surface area contributed by atoms with Crippen molar-refractivity contribution in [1.29, 1.82) is 0 Å². The van der Waals surface area contributed by atoms with Crippen LogP contribution < -0.4 is 20.3 Å². The highest BCUT2D eigenvalue weighted by Crippen LogP contribution is 2.48. The molecule has 3 aromatic rings. The van der Waals surface area contributed by atoms with Crippen molar-refractivity contribution in [1.82, 2.24) is 10.6 Å². The van der Waals surface area contributed by atoms with Gasteiger partial charge in [-0.05, 0) is 49.8 Å². The minimum Gasteiger partial charge on any atom is -0.481 e. The number of rotatable bonds is 17. The number of para-hydroxylation sites is 1. The maximum absolute atomic E-state index is 14.4. The van der Waals surface area contributed by atoms with Crippen LogP contribution in [0, 0.1) is 5.41 Å². The lowest BCUT2D eigenvalue weighted by Crippen LogP contribution is -2.45. The third kappa shape index (κ3) is 9.81. The number of nitrogens with one attached hydrogen (secondary N) is 2. The van der Waals surface area contributed by atoms with Crippen LogP contribution in [-0.4, -0.2) is 62.5 Å². The number of aliphatic carboxylic acids is 1. The standard InChI is InChI=1S/C38H49N3O7S2/c1-5-7-20-38(21-8-6-2)25-41(29-17-13-10-14-18-29)30-23-32(49-4)31(24-33(30)50(46,47)26-38)48-27(3)36(44)40-35(28-15-11-9-12-16-28)37(45)39-22-19-34(42)43/h9-18,23-24,27,35H,5-8,19-22,25-26H2,1-4H3,(H,39,45)(H,40,44)(H,42,43)/t27?,35-/m1/s1. The van der Waals surface area contributed by atoms with Crippen LogP contribution in [0.5, 0.6) is 5.75 Å². The third-order valence-corrected chi connectivity index (χ3v) is 11.8. The first-order chi connectivity index (χ1) is 23.9. The van der Waals surface area contributed by atoms with Crippen molar-refractivity contribution in [2.45, 2.75) is 87.7 Å². The Morgan fingerprint density at radius 1 is 0.960 bits per heavy atom. The van der Waals surface area contributed by atoms with E-state index in [-0.39, 0.29) is 29.4 Å². The molecule has 1 aliphatic heterocycles. The minimum atomic E-state index is -3.80. The Morgan fingerprint density at radius 2 is 1.58 bits per heavy atom. The SMILES string of the molecule is CCCCC1(CCCC)CN(c2ccccc2)c2cc(SC)c(OC(C)C(=O)N[C@@H](C(=O)NCCC(=O)O)c3ccccc3)cc2S(=O)(=O)C1. The molecule has 0 bridgehead atoms. The summed E-state index contributed by atoms with van der Waals surface area (Å²) in [6.07, 6.45) is 5.88. The molecule has 3 aromatic carbocycles. The molecule has 270 valence electrons. The zero-order chi connectivity index (χ0) is 36.3. The number of unbranched alkanes of at least 4 members (excludes halogenated alkanes) is 2. The van der Waals surface area contributed by atoms with Gasteiger partial charge in [0, 0.05) is 30.3 Å². The molecule has 12 heteroatoms. The van der Waals surface area contributed by atoms with E-state index in [4.69, 9.17) is 9.84 Å². The summed E-state index contributed by atoms with van der Waals surface area (Å²) in [5.74, 6) is -1.94. The highest BCUT2D eigenvalue weighted by molar-refractivity contribution is 7.98. The quantitative estimate of drug-likeness (QED) is 0.127. The predicted molar refractivity (Wildman–Crippen MR) is 198 cm³/mol. The molecule has 1 heterocycles. The van der Waals surface area contributed by atoms with E-state index < -0.39 is 45.2 Å². The fraction of sp³-hybridized carbons (Fsp3) is 0.447. The fourth-order valence-corrected chi connectivity index (χ4v) is 9.06. The summed E-state index contributed by atoms with van der Waals surface area (Å²) in [7, 11) is -3.80. The van der Waals surface area contributed by atoms with Gasteiger partial charge in [-0.3, -0.25) is 14.4 Å². The Hall–Kier alpha value is -4.03. The topological polar surface area (TPSA) is 142 Å². The van der Waals surface area contributed by atoms with Crippen LogP contribution in [0.25, 0.3) is 0 Å². The molecular formula is C38H49N3O7S2. The van der Waals surface area contributed by atoms with E-state index >= 15 is 0 Å². The van der Waals surface area contributed by atoms with E-state index in [9.17, 15) is 22.8 Å². The van der Waals surface area contributed by atoms with Gasteiger partial charge in [0.25, 0.3) is 5.91 Å². The van der Waals surface area contributed by atoms with Gasteiger partial charge in [0.15, 0.2) is 15.9 Å². The van der Waals surface area contributed by atoms with E-state index in [1.54, 1.807) is 43.3 Å². The zero-order valence-electron chi connectivity index (χ0n) is 29.3. The molecule has 0 saturated carbocycles. The maximum atomic E-state index is 14.4. The van der Waals surface area contributed by atoms with Gasteiger partial charge in [-0.15, -0.1) is 11.8 Å². The number of fused-ring (bicyclic) bond motifs is 1. The lowest BCUT2D eigenvalue weighted by Gasteiger charge is -2.37. The molecule has 0 saturated heterocycles. The van der Waals surface area contributed by atoms with E-state index in [1.165, 1.54) is 11.8 Å². The molecule has 3 N–H and O–H groups in total. The molecule has 0 aliphatic carbocycles. The summed E-state index contributed by atoms with van der Waals surface area (Å²) < 4.78 is 35.1. The van der Waals surface area contributed by atoms with E-state index in [1.807, 2.05) is 42.7 Å². The smallest absolute Gasteiger partial charge is 0.305 e. The first-order valence-electron chi connectivity index (χ1n) is 17.2. The van der Waals surface area contributed by atoms with E-state index in [0.29, 0.717) is 22.7 Å². The van der Waals surface area contributed by atoms with Gasteiger partial charge in [0.05, 0.1) is 27.7 Å². The number of amides is 2. The van der Waals surface area contributed by atoms with Crippen LogP contribution in [0.3, 0.4) is 0 Å². The van der Waals surface area contributed by atoms with Crippen molar-refractivity contribution >= 4 is 50.8 Å². The van der Waals surface area contributed by atoms with Crippen LogP contribution >= 0.6 is 11.8 Å². The van der Waals surface area contributed by atoms with Crippen molar-refractivity contribution in [3.63, 3.8) is 0 Å². The van der Waals surface area contributed by atoms with Crippen LogP contribution in [0.15, 0.2) is 82.6 Å². The average molecular weight is 724 g/mol. The molecule has 2 atom stereocenters. The summed E-state index contributed by atoms with van der Waals surface area (Å²) in [6, 6.07) is 20.8. The number of nitrogens with zero attached hydrogens (tertiary/aromatic N) is 1. The van der Waals surface area contributed by atoms with Crippen molar-refractivity contribution in [3.05, 3.63) is 78.4 Å². The summed E-state index contributed by atoms with van der Waals surface area (Å²) in [6.45, 7) is 6.26. The maximum Gasteiger partial charge on any atom is 0.305 e. The number of carbonyl (C=O) groups excluding carboxylic acids is 2. The number of thioether (sulfide) groups is 1. The summed E-state index contributed by atoms with van der Waals surface area (Å²) >= 11 is 1.39. The van der Waals surface area contributed by atoms with Crippen molar-refractivity contribution in [2.24, 2.45) is 5.41 Å². The van der Waals surface area contributed by atoms with Gasteiger partial charge in [-0.25, -0.2) is 8.42 Å². The molecule has 1 aliphatic rings. The zero-order valence-corrected chi connectivity index (χ0v) is 30.9. The van der Waals surface area contributed by atoms with Gasteiger partial charge in [-0.2, -0.15) is 0 Å². The van der Waals surface area contributed by atoms with Gasteiger partial charge in [0.2, 0.25) is 5.91 Å². The molecule has 0 fully saturated rings. The highest BCUT2D eigenvalue weighted by Gasteiger charge is 2.42. The minimum absolute atomic E-state index is 0.0141. The number of hydrogen-bond acceptors (Lipinski definition) is 8. The Morgan fingerprint density at radius 3 is 2.16 bits per heavy atom. The Bertz CT molecular complexity index is 1710. The van der Waals surface area contributed by atoms with Crippen molar-refractivity contribution in [2.75, 3.05) is 30.0 Å². The number of carbonyl (C=O) groups is 3. The fourth-order valence-electron chi connectivity index (χ4n) is 6.40. The molecule has 1 unspecified atom stereocenters. The van der Waals surface area contributed by atoms with Crippen molar-refractivity contribution in [3.8, 4) is 5.75 Å². The van der Waals surface area contributed by atoms with Crippen molar-refractivity contribution < 1.29 is 32.6 Å². The average Bonchev–Trinajstić information content (AvgIpc) is 3.20. The number of carboxylic acid groups (broad SMARTS) is 1. The number of hydrogen-bond donors (Lipinski definition) is 3. The van der Waals surface area contributed by atoms with Crippen LogP contribution in [0.4, 0.5) is 11.4 Å². The highest BCUT2D eigenvalue weighted by atomic mass is 32.2. The number of carboxylic acids is 1. The summed E-state index contributed by atoms with van der Waals surface area (Å²) in [5, 5.41) is 14.3. The molecule has 0 radical (unpaired) electrons. The molecule has 10 nitrogen and oxygen atoms in total. The molecule has 0 spiro atoms. The molecule has 50 heavy (non-hydrogen) atoms. The number of sulfone groups is 1. The third-order valence-electron chi connectivity index (χ3n) is 9.04. The molecule has 2 amide bonds. The Kier molecular flexibility index (Phi) is 13.8. The van der Waals surface area contributed by atoms with E-state index in [0.717, 1.165) is 44.2 Å². The van der Waals surface area contributed by atoms with Gasteiger partial charge < -0.3 is 25.4 Å².